The fourth-order valence-corrected chi connectivity index (χ4v) is 4.67. The topological polar surface area (TPSA) is 48.5 Å². The molecule has 3 rings (SSSR count). The molecule has 0 aromatic heterocycles. The Morgan fingerprint density at radius 1 is 1.19 bits per heavy atom. The number of hydrogen-bond acceptors (Lipinski definition) is 6. The summed E-state index contributed by atoms with van der Waals surface area (Å²) in [5.74, 6) is 0. The monoisotopic (exact) mass is 382 g/mol. The molecule has 0 radical (unpaired) electrons. The Bertz CT molecular complexity index is 474. The van der Waals surface area contributed by atoms with E-state index in [1.165, 1.54) is 32.5 Å². The molecule has 1 spiro atoms. The van der Waals surface area contributed by atoms with Crippen molar-refractivity contribution < 1.29 is 14.3 Å². The molecule has 0 aliphatic carbocycles. The van der Waals surface area contributed by atoms with Crippen LogP contribution in [-0.4, -0.2) is 117 Å². The van der Waals surface area contributed by atoms with Crippen molar-refractivity contribution in [3.05, 3.63) is 0 Å². The zero-order valence-electron chi connectivity index (χ0n) is 17.5. The van der Waals surface area contributed by atoms with E-state index in [1.54, 1.807) is 7.11 Å². The number of carbonyl (C=O) groups excluding carboxylic acids is 1. The van der Waals surface area contributed by atoms with Gasteiger partial charge in [-0.05, 0) is 39.5 Å². The summed E-state index contributed by atoms with van der Waals surface area (Å²) in [7, 11) is 3.79. The first-order valence-electron chi connectivity index (χ1n) is 10.7. The zero-order valence-corrected chi connectivity index (χ0v) is 17.5. The summed E-state index contributed by atoms with van der Waals surface area (Å²) in [6, 6.07) is 0.716. The molecule has 0 unspecified atom stereocenters. The third kappa shape index (κ3) is 5.34. The molecule has 0 aromatic rings. The molecule has 1 amide bonds. The molecule has 7 nitrogen and oxygen atoms in total. The molecule has 3 aliphatic rings. The first kappa shape index (κ1) is 20.8. The molecule has 3 heterocycles. The summed E-state index contributed by atoms with van der Waals surface area (Å²) in [5.41, 5.74) is -0.247. The van der Waals surface area contributed by atoms with Gasteiger partial charge < -0.3 is 24.2 Å². The molecule has 0 bridgehead atoms. The number of methoxy groups -OCH3 is 1. The fraction of sp³-hybridized carbons (Fsp3) is 0.950. The molecule has 3 aliphatic heterocycles. The van der Waals surface area contributed by atoms with Crippen molar-refractivity contribution in [3.63, 3.8) is 0 Å². The van der Waals surface area contributed by atoms with Crippen molar-refractivity contribution >= 4 is 6.09 Å². The van der Waals surface area contributed by atoms with Gasteiger partial charge in [-0.25, -0.2) is 4.79 Å². The number of amides is 1. The average Bonchev–Trinajstić information content (AvgIpc) is 3.00. The number of likely N-dealkylation sites (tertiary alicyclic amines) is 2. The van der Waals surface area contributed by atoms with Crippen LogP contribution in [0.5, 0.6) is 0 Å². The van der Waals surface area contributed by atoms with Gasteiger partial charge in [-0.3, -0.25) is 4.90 Å². The Labute approximate surface area is 164 Å². The molecular weight excluding hydrogens is 344 g/mol. The summed E-state index contributed by atoms with van der Waals surface area (Å²) in [5, 5.41) is 0. The lowest BCUT2D eigenvalue weighted by Gasteiger charge is -2.44. The summed E-state index contributed by atoms with van der Waals surface area (Å²) in [6.45, 7) is 11.9. The van der Waals surface area contributed by atoms with Crippen LogP contribution in [0.2, 0.25) is 0 Å². The van der Waals surface area contributed by atoms with Crippen LogP contribution in [-0.2, 0) is 9.47 Å². The Balaban J connectivity index is 1.42. The van der Waals surface area contributed by atoms with E-state index in [0.717, 1.165) is 58.7 Å². The van der Waals surface area contributed by atoms with E-state index in [-0.39, 0.29) is 11.7 Å². The van der Waals surface area contributed by atoms with Gasteiger partial charge in [0.05, 0.1) is 13.2 Å². The fourth-order valence-electron chi connectivity index (χ4n) is 4.67. The van der Waals surface area contributed by atoms with Gasteiger partial charge in [0, 0.05) is 58.7 Å². The Morgan fingerprint density at radius 2 is 1.89 bits per heavy atom. The second kappa shape index (κ2) is 9.54. The standard InChI is InChI=1S/C20H38N4O3/c1-4-22-9-5-18(6-10-22)23-11-7-20(8-12-23)17-24(19(25)27-20)14-13-21(2)15-16-26-3/h18H,4-17H2,1-3H3. The number of carbonyl (C=O) groups is 1. The van der Waals surface area contributed by atoms with E-state index in [4.69, 9.17) is 9.47 Å². The van der Waals surface area contributed by atoms with Gasteiger partial charge in [-0.2, -0.15) is 0 Å². The third-order valence-corrected chi connectivity index (χ3v) is 6.70. The Hall–Kier alpha value is -0.890. The van der Waals surface area contributed by atoms with Crippen molar-refractivity contribution in [1.29, 1.82) is 0 Å². The van der Waals surface area contributed by atoms with Gasteiger partial charge in [0.15, 0.2) is 0 Å². The van der Waals surface area contributed by atoms with Crippen molar-refractivity contribution in [3.8, 4) is 0 Å². The highest BCUT2D eigenvalue weighted by molar-refractivity contribution is 5.70. The largest absolute Gasteiger partial charge is 0.441 e. The maximum absolute atomic E-state index is 12.4. The van der Waals surface area contributed by atoms with Gasteiger partial charge in [0.25, 0.3) is 0 Å². The van der Waals surface area contributed by atoms with Crippen LogP contribution in [0.3, 0.4) is 0 Å². The van der Waals surface area contributed by atoms with Crippen LogP contribution >= 0.6 is 0 Å². The van der Waals surface area contributed by atoms with Gasteiger partial charge in [-0.1, -0.05) is 6.92 Å². The van der Waals surface area contributed by atoms with Gasteiger partial charge in [0.1, 0.15) is 5.60 Å². The normalized spacial score (nSPS) is 24.9. The molecule has 156 valence electrons. The third-order valence-electron chi connectivity index (χ3n) is 6.70. The molecule has 7 heteroatoms. The van der Waals surface area contributed by atoms with Crippen molar-refractivity contribution in [2.24, 2.45) is 0 Å². The van der Waals surface area contributed by atoms with Crippen LogP contribution in [0.1, 0.15) is 32.6 Å². The zero-order chi connectivity index (χ0) is 19.3. The quantitative estimate of drug-likeness (QED) is 0.631. The smallest absolute Gasteiger partial charge is 0.410 e. The number of likely N-dealkylation sites (N-methyl/N-ethyl adjacent to an activating group) is 1. The summed E-state index contributed by atoms with van der Waals surface area (Å²) in [6.07, 6.45) is 4.38. The molecule has 0 saturated carbocycles. The maximum Gasteiger partial charge on any atom is 0.410 e. The van der Waals surface area contributed by atoms with Gasteiger partial charge in [0.2, 0.25) is 0 Å². The van der Waals surface area contributed by atoms with Gasteiger partial charge >= 0.3 is 6.09 Å². The Kier molecular flexibility index (Phi) is 7.36. The lowest BCUT2D eigenvalue weighted by atomic mass is 9.89. The molecule has 3 fully saturated rings. The van der Waals surface area contributed by atoms with Crippen LogP contribution in [0.15, 0.2) is 0 Å². The second-order valence-corrected chi connectivity index (χ2v) is 8.47. The number of ether oxygens (including phenoxy) is 2. The van der Waals surface area contributed by atoms with E-state index in [0.29, 0.717) is 6.04 Å². The van der Waals surface area contributed by atoms with Crippen molar-refractivity contribution in [2.45, 2.75) is 44.2 Å². The highest BCUT2D eigenvalue weighted by atomic mass is 16.6. The highest BCUT2D eigenvalue weighted by Gasteiger charge is 2.47. The average molecular weight is 383 g/mol. The Morgan fingerprint density at radius 3 is 2.52 bits per heavy atom. The first-order chi connectivity index (χ1) is 13.0. The number of hydrogen-bond donors (Lipinski definition) is 0. The van der Waals surface area contributed by atoms with E-state index in [9.17, 15) is 4.79 Å². The van der Waals surface area contributed by atoms with Gasteiger partial charge in [-0.15, -0.1) is 0 Å². The number of nitrogens with zero attached hydrogens (tertiary/aromatic N) is 4. The van der Waals surface area contributed by atoms with E-state index in [1.807, 2.05) is 4.90 Å². The SMILES string of the molecule is CCN1CCC(N2CCC3(CC2)CN(CCN(C)CCOC)C(=O)O3)CC1. The van der Waals surface area contributed by atoms with Crippen LogP contribution in [0.4, 0.5) is 4.79 Å². The molecule has 27 heavy (non-hydrogen) atoms. The molecular formula is C20H38N4O3. The molecule has 0 N–H and O–H groups in total. The van der Waals surface area contributed by atoms with Crippen LogP contribution < -0.4 is 0 Å². The first-order valence-corrected chi connectivity index (χ1v) is 10.7. The molecule has 0 aromatic carbocycles. The summed E-state index contributed by atoms with van der Waals surface area (Å²) in [4.78, 5) is 21.7. The number of piperidine rings is 2. The lowest BCUT2D eigenvalue weighted by Crippen LogP contribution is -2.52. The van der Waals surface area contributed by atoms with Crippen LogP contribution in [0, 0.1) is 0 Å². The minimum absolute atomic E-state index is 0.125. The maximum atomic E-state index is 12.4. The molecule has 0 atom stereocenters. The highest BCUT2D eigenvalue weighted by Crippen LogP contribution is 2.34. The summed E-state index contributed by atoms with van der Waals surface area (Å²) < 4.78 is 11.0. The predicted octanol–water partition coefficient (Wildman–Crippen LogP) is 1.34. The minimum atomic E-state index is -0.247. The second-order valence-electron chi connectivity index (χ2n) is 8.47. The van der Waals surface area contributed by atoms with Crippen LogP contribution in [0.25, 0.3) is 0 Å². The lowest BCUT2D eigenvalue weighted by molar-refractivity contribution is -0.0181. The molecule has 3 saturated heterocycles. The van der Waals surface area contributed by atoms with Crippen molar-refractivity contribution in [2.75, 3.05) is 79.7 Å². The van der Waals surface area contributed by atoms with Crippen molar-refractivity contribution in [1.82, 2.24) is 19.6 Å². The number of rotatable bonds is 8. The predicted molar refractivity (Wildman–Crippen MR) is 106 cm³/mol. The summed E-state index contributed by atoms with van der Waals surface area (Å²) >= 11 is 0. The van der Waals surface area contributed by atoms with E-state index >= 15 is 0 Å². The minimum Gasteiger partial charge on any atom is -0.441 e. The van der Waals surface area contributed by atoms with E-state index in [2.05, 4.69) is 28.7 Å². The van der Waals surface area contributed by atoms with E-state index < -0.39 is 0 Å².